The van der Waals surface area contributed by atoms with Gasteiger partial charge in [0, 0.05) is 36.0 Å². The zero-order chi connectivity index (χ0) is 23.1. The van der Waals surface area contributed by atoms with Gasteiger partial charge in [0.1, 0.15) is 0 Å². The predicted molar refractivity (Wildman–Crippen MR) is 126 cm³/mol. The maximum Gasteiger partial charge on any atom is 0.250 e. The number of carbonyl (C=O) groups is 1. The van der Waals surface area contributed by atoms with Gasteiger partial charge in [-0.2, -0.15) is 0 Å². The van der Waals surface area contributed by atoms with Crippen molar-refractivity contribution in [1.82, 2.24) is 9.97 Å². The fraction of sp³-hybridized carbons (Fsp3) is 0.375. The van der Waals surface area contributed by atoms with Crippen LogP contribution in [-0.2, 0) is 4.79 Å². The molecule has 1 amide bonds. The number of fused-ring (bicyclic) bond motifs is 1. The average molecular weight is 439 g/mol. The van der Waals surface area contributed by atoms with Gasteiger partial charge in [-0.3, -0.25) is 14.6 Å². The molecule has 0 radical (unpaired) electrons. The number of pyridine rings is 2. The number of nitrogens with one attached hydrogen (secondary N) is 2. The Labute approximate surface area is 187 Å². The van der Waals surface area contributed by atoms with Crippen LogP contribution in [0.1, 0.15) is 43.2 Å². The molecular formula is C24H30N4O4. The third-order valence-electron chi connectivity index (χ3n) is 5.30. The predicted octanol–water partition coefficient (Wildman–Crippen LogP) is 4.11. The van der Waals surface area contributed by atoms with E-state index in [-0.39, 0.29) is 11.5 Å². The minimum Gasteiger partial charge on any atom is -0.493 e. The number of aromatic amines is 1. The number of hydrogen-bond acceptors (Lipinski definition) is 6. The Hall–Kier alpha value is -3.55. The molecule has 2 heterocycles. The highest BCUT2D eigenvalue weighted by Crippen LogP contribution is 2.37. The van der Waals surface area contributed by atoms with Gasteiger partial charge >= 0.3 is 0 Å². The van der Waals surface area contributed by atoms with Crippen molar-refractivity contribution in [3.05, 3.63) is 52.1 Å². The Morgan fingerprint density at radius 3 is 2.53 bits per heavy atom. The number of hydrogen-bond donors (Lipinski definition) is 3. The van der Waals surface area contributed by atoms with Crippen molar-refractivity contribution >= 4 is 28.2 Å². The second-order valence-electron chi connectivity index (χ2n) is 7.82. The normalized spacial score (nSPS) is 10.8. The van der Waals surface area contributed by atoms with Crippen molar-refractivity contribution in [2.75, 3.05) is 19.0 Å². The van der Waals surface area contributed by atoms with Gasteiger partial charge in [0.25, 0.3) is 5.56 Å². The van der Waals surface area contributed by atoms with Crippen LogP contribution in [0, 0.1) is 13.8 Å². The summed E-state index contributed by atoms with van der Waals surface area (Å²) in [6.45, 7) is 4.41. The lowest BCUT2D eigenvalue weighted by Crippen LogP contribution is -2.10. The molecule has 0 aliphatic heterocycles. The van der Waals surface area contributed by atoms with Crippen LogP contribution < -0.4 is 26.1 Å². The Bertz CT molecular complexity index is 1140. The van der Waals surface area contributed by atoms with E-state index in [9.17, 15) is 9.59 Å². The Morgan fingerprint density at radius 1 is 1.12 bits per heavy atom. The van der Waals surface area contributed by atoms with Crippen LogP contribution in [0.15, 0.2) is 35.4 Å². The van der Waals surface area contributed by atoms with E-state index in [0.717, 1.165) is 47.9 Å². The highest BCUT2D eigenvalue weighted by atomic mass is 16.5. The minimum absolute atomic E-state index is 0.242. The summed E-state index contributed by atoms with van der Waals surface area (Å²) < 4.78 is 11.5. The molecular weight excluding hydrogens is 408 g/mol. The minimum atomic E-state index is -0.271. The Balaban J connectivity index is 1.85. The number of anilines is 2. The van der Waals surface area contributed by atoms with E-state index < -0.39 is 0 Å². The van der Waals surface area contributed by atoms with Crippen LogP contribution in [-0.4, -0.2) is 29.6 Å². The van der Waals surface area contributed by atoms with Crippen LogP contribution in [0.3, 0.4) is 0 Å². The van der Waals surface area contributed by atoms with E-state index in [1.54, 1.807) is 19.5 Å². The van der Waals surface area contributed by atoms with Gasteiger partial charge in [0.05, 0.1) is 24.9 Å². The van der Waals surface area contributed by atoms with E-state index in [2.05, 4.69) is 15.3 Å². The number of ether oxygens (including phenoxy) is 2. The molecule has 0 aliphatic rings. The molecule has 0 saturated heterocycles. The summed E-state index contributed by atoms with van der Waals surface area (Å²) in [4.78, 5) is 30.4. The summed E-state index contributed by atoms with van der Waals surface area (Å²) in [7, 11) is 1.57. The number of aromatic nitrogens is 2. The third-order valence-corrected chi connectivity index (χ3v) is 5.30. The average Bonchev–Trinajstić information content (AvgIpc) is 2.75. The molecule has 0 unspecified atom stereocenters. The lowest BCUT2D eigenvalue weighted by molar-refractivity contribution is -0.118. The summed E-state index contributed by atoms with van der Waals surface area (Å²) in [5.74, 6) is 0.786. The summed E-state index contributed by atoms with van der Waals surface area (Å²) in [6, 6.07) is 5.27. The van der Waals surface area contributed by atoms with E-state index >= 15 is 0 Å². The first kappa shape index (κ1) is 23.1. The molecule has 170 valence electrons. The quantitative estimate of drug-likeness (QED) is 0.388. The standard InChI is InChI=1S/C24H30N4O4/c1-15-13-26-14-16(2)22(15)27-18-12-21(30)28-23-17(18)9-10-19(31-3)24(23)32-11-7-5-4-6-8-20(25)29/h9-10,12-14H,4-8,11H2,1-3H3,(H2,25,29)(H2,26,27,28,30). The van der Waals surface area contributed by atoms with Crippen LogP contribution in [0.5, 0.6) is 11.5 Å². The highest BCUT2D eigenvalue weighted by molar-refractivity contribution is 5.97. The van der Waals surface area contributed by atoms with E-state index in [1.807, 2.05) is 26.0 Å². The van der Waals surface area contributed by atoms with E-state index in [1.165, 1.54) is 6.07 Å². The largest absolute Gasteiger partial charge is 0.493 e. The molecule has 0 spiro atoms. The van der Waals surface area contributed by atoms with Crippen molar-refractivity contribution in [3.8, 4) is 11.5 Å². The highest BCUT2D eigenvalue weighted by Gasteiger charge is 2.15. The SMILES string of the molecule is COc1ccc2c(Nc3c(C)cncc3C)cc(=O)[nH]c2c1OCCCCCCC(N)=O. The summed E-state index contributed by atoms with van der Waals surface area (Å²) in [5.41, 5.74) is 9.08. The van der Waals surface area contributed by atoms with Crippen molar-refractivity contribution in [1.29, 1.82) is 0 Å². The molecule has 1 aromatic carbocycles. The number of amides is 1. The number of benzene rings is 1. The Morgan fingerprint density at radius 2 is 1.84 bits per heavy atom. The first-order chi connectivity index (χ1) is 15.4. The number of nitrogens with zero attached hydrogens (tertiary/aromatic N) is 1. The number of carbonyl (C=O) groups excluding carboxylic acids is 1. The van der Waals surface area contributed by atoms with E-state index in [4.69, 9.17) is 15.2 Å². The molecule has 3 rings (SSSR count). The molecule has 32 heavy (non-hydrogen) atoms. The number of nitrogens with two attached hydrogens (primary N) is 1. The fourth-order valence-electron chi connectivity index (χ4n) is 3.65. The van der Waals surface area contributed by atoms with Gasteiger partial charge < -0.3 is 25.5 Å². The van der Waals surface area contributed by atoms with Gasteiger partial charge in [-0.25, -0.2) is 0 Å². The lowest BCUT2D eigenvalue weighted by Gasteiger charge is -2.17. The number of primary amides is 1. The number of methoxy groups -OCH3 is 1. The van der Waals surface area contributed by atoms with Gasteiger partial charge in [0.15, 0.2) is 11.5 Å². The zero-order valence-electron chi connectivity index (χ0n) is 18.8. The smallest absolute Gasteiger partial charge is 0.250 e. The molecule has 0 bridgehead atoms. The second-order valence-corrected chi connectivity index (χ2v) is 7.82. The molecule has 2 aromatic heterocycles. The number of unbranched alkanes of at least 4 members (excludes halogenated alkanes) is 3. The molecule has 0 atom stereocenters. The zero-order valence-corrected chi connectivity index (χ0v) is 18.8. The monoisotopic (exact) mass is 438 g/mol. The summed E-state index contributed by atoms with van der Waals surface area (Å²) >= 11 is 0. The first-order valence-corrected chi connectivity index (χ1v) is 10.7. The third kappa shape index (κ3) is 5.57. The molecule has 8 nitrogen and oxygen atoms in total. The van der Waals surface area contributed by atoms with Crippen LogP contribution in [0.4, 0.5) is 11.4 Å². The van der Waals surface area contributed by atoms with Crippen LogP contribution >= 0.6 is 0 Å². The first-order valence-electron chi connectivity index (χ1n) is 10.7. The van der Waals surface area contributed by atoms with Gasteiger partial charge in [-0.05, 0) is 49.9 Å². The molecule has 0 saturated carbocycles. The van der Waals surface area contributed by atoms with Crippen molar-refractivity contribution in [2.45, 2.75) is 46.0 Å². The molecule has 8 heteroatoms. The summed E-state index contributed by atoms with van der Waals surface area (Å²) in [5, 5.41) is 4.21. The lowest BCUT2D eigenvalue weighted by atomic mass is 10.1. The molecule has 0 aliphatic carbocycles. The number of H-pyrrole nitrogens is 1. The van der Waals surface area contributed by atoms with Gasteiger partial charge in [-0.1, -0.05) is 12.8 Å². The topological polar surface area (TPSA) is 119 Å². The van der Waals surface area contributed by atoms with Crippen molar-refractivity contribution < 1.29 is 14.3 Å². The number of aryl methyl sites for hydroxylation is 2. The molecule has 4 N–H and O–H groups in total. The number of rotatable bonds is 11. The van der Waals surface area contributed by atoms with Gasteiger partial charge in [0.2, 0.25) is 5.91 Å². The molecule has 3 aromatic rings. The van der Waals surface area contributed by atoms with Crippen LogP contribution in [0.25, 0.3) is 10.9 Å². The maximum absolute atomic E-state index is 12.5. The maximum atomic E-state index is 12.5. The Kier molecular flexibility index (Phi) is 7.70. The summed E-state index contributed by atoms with van der Waals surface area (Å²) in [6.07, 6.45) is 7.40. The second kappa shape index (κ2) is 10.7. The van der Waals surface area contributed by atoms with Crippen molar-refractivity contribution in [3.63, 3.8) is 0 Å². The van der Waals surface area contributed by atoms with E-state index in [0.29, 0.717) is 35.7 Å². The molecule has 0 fully saturated rings. The van der Waals surface area contributed by atoms with Crippen LogP contribution in [0.2, 0.25) is 0 Å². The fourth-order valence-corrected chi connectivity index (χ4v) is 3.65. The van der Waals surface area contributed by atoms with Gasteiger partial charge in [-0.15, -0.1) is 0 Å². The van der Waals surface area contributed by atoms with Crippen molar-refractivity contribution in [2.24, 2.45) is 5.73 Å².